The monoisotopic (exact) mass is 501 g/mol. The minimum Gasteiger partial charge on any atom is -0.360 e. The van der Waals surface area contributed by atoms with E-state index in [1.807, 2.05) is 41.3 Å². The van der Waals surface area contributed by atoms with E-state index in [0.29, 0.717) is 46.0 Å². The van der Waals surface area contributed by atoms with E-state index in [0.717, 1.165) is 11.3 Å². The van der Waals surface area contributed by atoms with Crippen LogP contribution < -0.4 is 10.2 Å². The summed E-state index contributed by atoms with van der Waals surface area (Å²) >= 11 is 18.7. The highest BCUT2D eigenvalue weighted by atomic mass is 35.5. The van der Waals surface area contributed by atoms with Gasteiger partial charge in [-0.1, -0.05) is 46.9 Å². The highest BCUT2D eigenvalue weighted by molar-refractivity contribution is 6.36. The lowest BCUT2D eigenvalue weighted by atomic mass is 10.0. The molecule has 0 bridgehead atoms. The van der Waals surface area contributed by atoms with Crippen LogP contribution >= 0.6 is 34.8 Å². The second kappa shape index (κ2) is 10.0. The number of hydrogen-bond acceptors (Lipinski definition) is 3. The SMILES string of the molecule is CC(=O)Nc1ccc(C(=O)N2CCN(c3ccc(Cl)cc3Cl)C(c3ccc(Cl)cc3)C2)cc1. The number of rotatable bonds is 4. The summed E-state index contributed by atoms with van der Waals surface area (Å²) in [5, 5.41) is 4.50. The molecule has 0 aromatic heterocycles. The number of nitrogens with zero attached hydrogens (tertiary/aromatic N) is 2. The Morgan fingerprint density at radius 3 is 2.18 bits per heavy atom. The molecule has 5 nitrogen and oxygen atoms in total. The molecule has 2 amide bonds. The molecule has 1 fully saturated rings. The van der Waals surface area contributed by atoms with Crippen LogP contribution in [0.4, 0.5) is 11.4 Å². The predicted molar refractivity (Wildman–Crippen MR) is 135 cm³/mol. The van der Waals surface area contributed by atoms with Crippen molar-refractivity contribution in [3.63, 3.8) is 0 Å². The summed E-state index contributed by atoms with van der Waals surface area (Å²) in [6, 6.07) is 19.9. The van der Waals surface area contributed by atoms with E-state index in [1.54, 1.807) is 30.3 Å². The van der Waals surface area contributed by atoms with Crippen molar-refractivity contribution < 1.29 is 9.59 Å². The molecule has 0 aliphatic carbocycles. The van der Waals surface area contributed by atoms with E-state index in [2.05, 4.69) is 10.2 Å². The molecule has 3 aromatic rings. The predicted octanol–water partition coefficient (Wildman–Crippen LogP) is 6.31. The molecule has 1 N–H and O–H groups in total. The molecule has 1 aliphatic heterocycles. The molecule has 8 heteroatoms. The van der Waals surface area contributed by atoms with Crippen LogP contribution in [0.2, 0.25) is 15.1 Å². The number of halogens is 3. The van der Waals surface area contributed by atoms with Gasteiger partial charge in [0.25, 0.3) is 5.91 Å². The summed E-state index contributed by atoms with van der Waals surface area (Å²) in [4.78, 5) is 28.6. The first-order chi connectivity index (χ1) is 15.8. The minimum atomic E-state index is -0.156. The minimum absolute atomic E-state index is 0.0646. The van der Waals surface area contributed by atoms with Crippen LogP contribution in [0.3, 0.4) is 0 Å². The lowest BCUT2D eigenvalue weighted by Crippen LogP contribution is -2.50. The third-order valence-electron chi connectivity index (χ3n) is 5.59. The molecule has 0 spiro atoms. The van der Waals surface area contributed by atoms with Crippen LogP contribution in [0.5, 0.6) is 0 Å². The number of benzene rings is 3. The molecule has 0 saturated carbocycles. The van der Waals surface area contributed by atoms with Crippen LogP contribution in [-0.4, -0.2) is 36.3 Å². The molecule has 33 heavy (non-hydrogen) atoms. The Bertz CT molecular complexity index is 1170. The summed E-state index contributed by atoms with van der Waals surface area (Å²) in [6.45, 7) is 3.06. The quantitative estimate of drug-likeness (QED) is 0.455. The Kier molecular flexibility index (Phi) is 7.13. The van der Waals surface area contributed by atoms with Gasteiger partial charge in [-0.15, -0.1) is 0 Å². The van der Waals surface area contributed by atoms with Gasteiger partial charge in [0.1, 0.15) is 0 Å². The lowest BCUT2D eigenvalue weighted by Gasteiger charge is -2.43. The fraction of sp³-hybridized carbons (Fsp3) is 0.200. The summed E-state index contributed by atoms with van der Waals surface area (Å²) in [5.74, 6) is -0.220. The number of carbonyl (C=O) groups is 2. The van der Waals surface area contributed by atoms with E-state index in [-0.39, 0.29) is 17.9 Å². The molecule has 1 saturated heterocycles. The van der Waals surface area contributed by atoms with Gasteiger partial charge in [-0.25, -0.2) is 0 Å². The van der Waals surface area contributed by atoms with Gasteiger partial charge in [0.2, 0.25) is 5.91 Å². The molecule has 0 radical (unpaired) electrons. The number of piperazine rings is 1. The van der Waals surface area contributed by atoms with Crippen molar-refractivity contribution in [1.82, 2.24) is 4.90 Å². The number of carbonyl (C=O) groups excluding carboxylic acids is 2. The number of anilines is 2. The topological polar surface area (TPSA) is 52.7 Å². The van der Waals surface area contributed by atoms with Gasteiger partial charge in [-0.3, -0.25) is 9.59 Å². The number of amides is 2. The Balaban J connectivity index is 1.61. The van der Waals surface area contributed by atoms with Crippen LogP contribution in [0.25, 0.3) is 0 Å². The Labute approximate surface area is 207 Å². The molecule has 1 unspecified atom stereocenters. The van der Waals surface area contributed by atoms with Gasteiger partial charge in [0.15, 0.2) is 0 Å². The molecule has 3 aromatic carbocycles. The maximum absolute atomic E-state index is 13.3. The number of nitrogens with one attached hydrogen (secondary N) is 1. The average molecular weight is 503 g/mol. The lowest BCUT2D eigenvalue weighted by molar-refractivity contribution is -0.114. The van der Waals surface area contributed by atoms with E-state index in [4.69, 9.17) is 34.8 Å². The third kappa shape index (κ3) is 5.44. The van der Waals surface area contributed by atoms with Crippen molar-refractivity contribution in [1.29, 1.82) is 0 Å². The first kappa shape index (κ1) is 23.4. The largest absolute Gasteiger partial charge is 0.360 e. The van der Waals surface area contributed by atoms with Crippen LogP contribution in [-0.2, 0) is 4.79 Å². The van der Waals surface area contributed by atoms with Crippen LogP contribution in [0, 0.1) is 0 Å². The van der Waals surface area contributed by atoms with Crippen molar-refractivity contribution in [2.24, 2.45) is 0 Å². The zero-order chi connectivity index (χ0) is 23.5. The van der Waals surface area contributed by atoms with Crippen molar-refractivity contribution >= 4 is 58.0 Å². The molecule has 1 atom stereocenters. The smallest absolute Gasteiger partial charge is 0.253 e. The number of hydrogen-bond donors (Lipinski definition) is 1. The molecule has 1 heterocycles. The van der Waals surface area contributed by atoms with E-state index in [9.17, 15) is 9.59 Å². The molecule has 170 valence electrons. The van der Waals surface area contributed by atoms with Gasteiger partial charge in [-0.2, -0.15) is 0 Å². The second-order valence-electron chi connectivity index (χ2n) is 7.87. The normalized spacial score (nSPS) is 15.9. The Morgan fingerprint density at radius 1 is 0.879 bits per heavy atom. The molecule has 1 aliphatic rings. The van der Waals surface area contributed by atoms with Crippen LogP contribution in [0.15, 0.2) is 66.7 Å². The van der Waals surface area contributed by atoms with Crippen molar-refractivity contribution in [3.05, 3.63) is 92.9 Å². The van der Waals surface area contributed by atoms with Gasteiger partial charge >= 0.3 is 0 Å². The Morgan fingerprint density at radius 2 is 1.55 bits per heavy atom. The van der Waals surface area contributed by atoms with Crippen molar-refractivity contribution in [2.75, 3.05) is 29.9 Å². The summed E-state index contributed by atoms with van der Waals surface area (Å²) in [5.41, 5.74) is 3.12. The van der Waals surface area contributed by atoms with E-state index in [1.165, 1.54) is 6.92 Å². The van der Waals surface area contributed by atoms with Gasteiger partial charge < -0.3 is 15.1 Å². The maximum Gasteiger partial charge on any atom is 0.253 e. The first-order valence-corrected chi connectivity index (χ1v) is 11.6. The first-order valence-electron chi connectivity index (χ1n) is 10.5. The molecular weight excluding hydrogens is 481 g/mol. The van der Waals surface area contributed by atoms with E-state index < -0.39 is 0 Å². The van der Waals surface area contributed by atoms with Gasteiger partial charge in [0, 0.05) is 47.9 Å². The highest BCUT2D eigenvalue weighted by Crippen LogP contribution is 2.37. The standard InChI is InChI=1S/C25H22Cl3N3O2/c1-16(32)29-21-9-4-18(5-10-21)25(33)30-12-13-31(23-11-8-20(27)14-22(23)28)24(15-30)17-2-6-19(26)7-3-17/h2-11,14,24H,12-13,15H2,1H3,(H,29,32). The van der Waals surface area contributed by atoms with Crippen LogP contribution in [0.1, 0.15) is 28.9 Å². The van der Waals surface area contributed by atoms with E-state index >= 15 is 0 Å². The fourth-order valence-electron chi connectivity index (χ4n) is 4.02. The van der Waals surface area contributed by atoms with Gasteiger partial charge in [-0.05, 0) is 60.2 Å². The third-order valence-corrected chi connectivity index (χ3v) is 6.38. The highest BCUT2D eigenvalue weighted by Gasteiger charge is 2.32. The van der Waals surface area contributed by atoms with Crippen molar-refractivity contribution in [2.45, 2.75) is 13.0 Å². The fourth-order valence-corrected chi connectivity index (χ4v) is 4.67. The second-order valence-corrected chi connectivity index (χ2v) is 9.15. The summed E-state index contributed by atoms with van der Waals surface area (Å²) in [6.07, 6.45) is 0. The molecular formula is C25H22Cl3N3O2. The summed E-state index contributed by atoms with van der Waals surface area (Å²) in [7, 11) is 0. The average Bonchev–Trinajstić information content (AvgIpc) is 2.79. The zero-order valence-corrected chi connectivity index (χ0v) is 20.2. The zero-order valence-electron chi connectivity index (χ0n) is 17.9. The molecule has 4 rings (SSSR count). The van der Waals surface area contributed by atoms with Gasteiger partial charge in [0.05, 0.1) is 16.8 Å². The maximum atomic E-state index is 13.3. The Hall–Kier alpha value is -2.73. The van der Waals surface area contributed by atoms with Crippen molar-refractivity contribution in [3.8, 4) is 0 Å². The summed E-state index contributed by atoms with van der Waals surface area (Å²) < 4.78 is 0.